The van der Waals surface area contributed by atoms with Crippen LogP contribution in [0.2, 0.25) is 0 Å². The molecule has 3 aliphatic rings. The topological polar surface area (TPSA) is 133 Å². The van der Waals surface area contributed by atoms with Crippen LogP contribution in [0.3, 0.4) is 0 Å². The van der Waals surface area contributed by atoms with Gasteiger partial charge in [0.05, 0.1) is 18.1 Å². The summed E-state index contributed by atoms with van der Waals surface area (Å²) < 4.78 is 0. The molecule has 0 bridgehead atoms. The average molecular weight is 381 g/mol. The molecule has 5 N–H and O–H groups in total. The Morgan fingerprint density at radius 3 is 2.69 bits per heavy atom. The van der Waals surface area contributed by atoms with Crippen molar-refractivity contribution in [2.75, 3.05) is 6.54 Å². The molecule has 2 fully saturated rings. The fourth-order valence-corrected chi connectivity index (χ4v) is 5.27. The Bertz CT molecular complexity index is 682. The smallest absolute Gasteiger partial charge is 0.353 e. The molecule has 9 heteroatoms. The van der Waals surface area contributed by atoms with E-state index in [1.54, 1.807) is 13.0 Å². The van der Waals surface area contributed by atoms with Gasteiger partial charge in [0.15, 0.2) is 0 Å². The summed E-state index contributed by atoms with van der Waals surface area (Å²) in [6, 6.07) is -0.170. The van der Waals surface area contributed by atoms with Gasteiger partial charge in [0.2, 0.25) is 11.8 Å². The maximum absolute atomic E-state index is 12.2. The summed E-state index contributed by atoms with van der Waals surface area (Å²) >= 11 is 1.50. The van der Waals surface area contributed by atoms with E-state index in [9.17, 15) is 24.6 Å². The van der Waals surface area contributed by atoms with Gasteiger partial charge in [-0.25, -0.2) is 4.79 Å². The lowest BCUT2D eigenvalue weighted by molar-refractivity contribution is -0.161. The van der Waals surface area contributed by atoms with Crippen molar-refractivity contribution in [3.05, 3.63) is 22.8 Å². The molecule has 0 aromatic heterocycles. The van der Waals surface area contributed by atoms with Gasteiger partial charge in [-0.3, -0.25) is 9.59 Å². The lowest BCUT2D eigenvalue weighted by atomic mass is 9.83. The predicted octanol–water partition coefficient (Wildman–Crippen LogP) is -0.211. The minimum absolute atomic E-state index is 0.0673. The lowest BCUT2D eigenvalue weighted by Crippen LogP contribution is -2.61. The second-order valence-electron chi connectivity index (χ2n) is 6.92. The van der Waals surface area contributed by atoms with Gasteiger partial charge in [0.1, 0.15) is 5.70 Å². The first-order chi connectivity index (χ1) is 12.3. The number of carbonyl (C=O) groups excluding carboxylic acids is 2. The average Bonchev–Trinajstić information content (AvgIpc) is 2.88. The molecule has 0 unspecified atom stereocenters. The Hall–Kier alpha value is -1.84. The number of nitrogens with zero attached hydrogens (tertiary/aromatic N) is 1. The van der Waals surface area contributed by atoms with Gasteiger partial charge < -0.3 is 26.2 Å². The van der Waals surface area contributed by atoms with Crippen molar-refractivity contribution in [2.45, 2.75) is 49.6 Å². The van der Waals surface area contributed by atoms with Gasteiger partial charge in [-0.2, -0.15) is 0 Å². The number of fused-ring (bicyclic) bond motifs is 1. The zero-order chi connectivity index (χ0) is 19.0. The number of β-lactam (4-membered cyclic amide) rings is 1. The highest BCUT2D eigenvalue weighted by atomic mass is 32.2. The van der Waals surface area contributed by atoms with Gasteiger partial charge in [-0.05, 0) is 19.8 Å². The zero-order valence-corrected chi connectivity index (χ0v) is 15.2. The third kappa shape index (κ3) is 3.51. The van der Waals surface area contributed by atoms with Crippen molar-refractivity contribution in [3.63, 3.8) is 0 Å². The summed E-state index contributed by atoms with van der Waals surface area (Å²) in [7, 11) is 0. The number of amides is 2. The molecular formula is C17H23N3O5S. The molecule has 0 aromatic carbocycles. The normalized spacial score (nSPS) is 32.5. The number of carboxylic acids is 1. The first-order valence-corrected chi connectivity index (χ1v) is 9.52. The Labute approximate surface area is 155 Å². The van der Waals surface area contributed by atoms with Crippen molar-refractivity contribution >= 4 is 29.5 Å². The summed E-state index contributed by atoms with van der Waals surface area (Å²) in [6.45, 7) is 2.24. The summed E-state index contributed by atoms with van der Waals surface area (Å²) in [5.74, 6) is -2.41. The first kappa shape index (κ1) is 18.9. The molecule has 0 aliphatic carbocycles. The van der Waals surface area contributed by atoms with Crippen LogP contribution in [0.25, 0.3) is 0 Å². The molecule has 8 nitrogen and oxygen atoms in total. The third-order valence-electron chi connectivity index (χ3n) is 5.10. The standard InChI is InChI=1S/C17H23N3O5S/c1-8(21)14-11-6-12(15(17(24)25)20(11)16(14)23)26-10-4-2-9(19-7-10)3-5-13(18)22/h3,5,8-11,14,19,21H,2,4,6-7H2,1H3,(H2,18,22)(H,24,25)/t8-,9+,10+,11-,14-/m1/s1. The number of aliphatic hydroxyl groups is 1. The van der Waals surface area contributed by atoms with Crippen molar-refractivity contribution in [1.29, 1.82) is 0 Å². The van der Waals surface area contributed by atoms with E-state index in [1.807, 2.05) is 0 Å². The SMILES string of the molecule is C[C@@H](O)[C@H]1C(=O)N2C(C(=O)O)=C(S[C@H]3CC[C@@H](C=CC(N)=O)NC3)C[C@H]12. The number of rotatable bonds is 6. The fourth-order valence-electron chi connectivity index (χ4n) is 3.87. The van der Waals surface area contributed by atoms with Crippen LogP contribution in [-0.2, 0) is 14.4 Å². The molecule has 3 rings (SSSR count). The van der Waals surface area contributed by atoms with E-state index in [0.29, 0.717) is 17.9 Å². The number of hydrogen-bond acceptors (Lipinski definition) is 6. The second-order valence-corrected chi connectivity index (χ2v) is 8.31. The molecule has 0 spiro atoms. The molecule has 2 saturated heterocycles. The molecule has 142 valence electrons. The number of aliphatic hydroxyl groups excluding tert-OH is 1. The number of piperidine rings is 1. The van der Waals surface area contributed by atoms with Crippen LogP contribution >= 0.6 is 11.8 Å². The van der Waals surface area contributed by atoms with Crippen molar-refractivity contribution < 1.29 is 24.6 Å². The van der Waals surface area contributed by atoms with Crippen LogP contribution in [0.15, 0.2) is 22.8 Å². The minimum Gasteiger partial charge on any atom is -0.477 e. The third-order valence-corrected chi connectivity index (χ3v) is 6.48. The maximum Gasteiger partial charge on any atom is 0.353 e. The highest BCUT2D eigenvalue weighted by Crippen LogP contribution is 2.48. The van der Waals surface area contributed by atoms with Crippen LogP contribution in [0.1, 0.15) is 26.2 Å². The number of carbonyl (C=O) groups is 3. The van der Waals surface area contributed by atoms with Crippen LogP contribution in [0, 0.1) is 5.92 Å². The Kier molecular flexibility index (Phi) is 5.40. The lowest BCUT2D eigenvalue weighted by Gasteiger charge is -2.44. The first-order valence-electron chi connectivity index (χ1n) is 8.64. The van der Waals surface area contributed by atoms with Gasteiger partial charge in [-0.1, -0.05) is 6.08 Å². The molecule has 26 heavy (non-hydrogen) atoms. The largest absolute Gasteiger partial charge is 0.477 e. The monoisotopic (exact) mass is 381 g/mol. The maximum atomic E-state index is 12.2. The van der Waals surface area contributed by atoms with Crippen LogP contribution < -0.4 is 11.1 Å². The van der Waals surface area contributed by atoms with Crippen LogP contribution in [-0.4, -0.2) is 62.9 Å². The van der Waals surface area contributed by atoms with Gasteiger partial charge in [0, 0.05) is 35.2 Å². The van der Waals surface area contributed by atoms with E-state index in [-0.39, 0.29) is 28.9 Å². The van der Waals surface area contributed by atoms with E-state index >= 15 is 0 Å². The minimum atomic E-state index is -1.10. The Morgan fingerprint density at radius 1 is 1.42 bits per heavy atom. The number of primary amides is 1. The highest BCUT2D eigenvalue weighted by Gasteiger charge is 2.56. The number of aliphatic carboxylic acids is 1. The van der Waals surface area contributed by atoms with E-state index in [2.05, 4.69) is 5.32 Å². The van der Waals surface area contributed by atoms with E-state index in [0.717, 1.165) is 12.8 Å². The van der Waals surface area contributed by atoms with Crippen LogP contribution in [0.4, 0.5) is 0 Å². The molecule has 3 heterocycles. The second kappa shape index (κ2) is 7.42. The number of nitrogens with one attached hydrogen (secondary N) is 1. The molecule has 5 atom stereocenters. The molecule has 0 radical (unpaired) electrons. The number of nitrogens with two attached hydrogens (primary N) is 1. The van der Waals surface area contributed by atoms with Gasteiger partial charge >= 0.3 is 5.97 Å². The summed E-state index contributed by atoms with van der Waals surface area (Å²) in [6.07, 6.45) is 4.48. The van der Waals surface area contributed by atoms with E-state index in [4.69, 9.17) is 5.73 Å². The number of carboxylic acid groups (broad SMARTS) is 1. The molecule has 0 saturated carbocycles. The molecule has 3 aliphatic heterocycles. The Balaban J connectivity index is 1.64. The molecule has 0 aromatic rings. The summed E-state index contributed by atoms with van der Waals surface area (Å²) in [4.78, 5) is 36.7. The summed E-state index contributed by atoms with van der Waals surface area (Å²) in [5, 5.41) is 22.8. The van der Waals surface area contributed by atoms with Gasteiger partial charge in [0.25, 0.3) is 0 Å². The predicted molar refractivity (Wildman–Crippen MR) is 95.8 cm³/mol. The van der Waals surface area contributed by atoms with Crippen molar-refractivity contribution in [3.8, 4) is 0 Å². The zero-order valence-electron chi connectivity index (χ0n) is 14.4. The fraction of sp³-hybridized carbons (Fsp3) is 0.588. The molecule has 2 amide bonds. The highest BCUT2D eigenvalue weighted by molar-refractivity contribution is 8.03. The van der Waals surface area contributed by atoms with Crippen molar-refractivity contribution in [1.82, 2.24) is 10.2 Å². The molecular weight excluding hydrogens is 358 g/mol. The van der Waals surface area contributed by atoms with Crippen LogP contribution in [0.5, 0.6) is 0 Å². The van der Waals surface area contributed by atoms with E-state index < -0.39 is 23.9 Å². The van der Waals surface area contributed by atoms with Crippen molar-refractivity contribution in [2.24, 2.45) is 11.7 Å². The van der Waals surface area contributed by atoms with Gasteiger partial charge in [-0.15, -0.1) is 11.8 Å². The Morgan fingerprint density at radius 2 is 2.15 bits per heavy atom. The van der Waals surface area contributed by atoms with E-state index in [1.165, 1.54) is 22.7 Å². The quantitative estimate of drug-likeness (QED) is 0.369. The number of thioether (sulfide) groups is 1. The number of hydrogen-bond donors (Lipinski definition) is 4. The summed E-state index contributed by atoms with van der Waals surface area (Å²) in [5.41, 5.74) is 5.16.